The fourth-order valence-electron chi connectivity index (χ4n) is 5.35. The van der Waals surface area contributed by atoms with Crippen LogP contribution in [0.1, 0.15) is 16.1 Å². The van der Waals surface area contributed by atoms with Crippen molar-refractivity contribution in [2.45, 2.75) is 25.6 Å². The molecule has 1 aliphatic heterocycles. The molecule has 1 aliphatic rings. The fraction of sp³-hybridized carbons (Fsp3) is 0.200. The van der Waals surface area contributed by atoms with Gasteiger partial charge in [-0.25, -0.2) is 4.98 Å². The van der Waals surface area contributed by atoms with Gasteiger partial charge in [0.15, 0.2) is 0 Å². The number of imidazole rings is 1. The van der Waals surface area contributed by atoms with Gasteiger partial charge in [-0.3, -0.25) is 4.79 Å². The third-order valence-corrected chi connectivity index (χ3v) is 7.06. The van der Waals surface area contributed by atoms with E-state index >= 15 is 0 Å². The number of hydrogen-bond donors (Lipinski definition) is 1. The maximum atomic E-state index is 13.2. The lowest BCUT2D eigenvalue weighted by Gasteiger charge is -2.25. The van der Waals surface area contributed by atoms with Crippen LogP contribution in [-0.4, -0.2) is 49.7 Å². The molecular weight excluding hydrogens is 448 g/mol. The molecule has 2 aromatic heterocycles. The number of benzene rings is 3. The van der Waals surface area contributed by atoms with E-state index < -0.39 is 6.10 Å². The van der Waals surface area contributed by atoms with Crippen molar-refractivity contribution in [3.05, 3.63) is 103 Å². The topological polar surface area (TPSA) is 63.3 Å². The first kappa shape index (κ1) is 22.3. The lowest BCUT2D eigenvalue weighted by molar-refractivity contribution is 0.0762. The van der Waals surface area contributed by atoms with Crippen molar-refractivity contribution in [2.24, 2.45) is 0 Å². The molecule has 3 aromatic carbocycles. The third kappa shape index (κ3) is 3.80. The second-order valence-electron chi connectivity index (χ2n) is 9.41. The summed E-state index contributed by atoms with van der Waals surface area (Å²) in [6, 6.07) is 28.4. The second-order valence-corrected chi connectivity index (χ2v) is 9.41. The van der Waals surface area contributed by atoms with Crippen LogP contribution < -0.4 is 0 Å². The standard InChI is InChI=1S/C30H28N4O2/c1-32-17-16-25-24-14-8-9-15-26(24)34(29(25)30(32)36)19-23(35)18-33-20-31-27(21-10-4-2-5-11-21)28(33)22-12-6-3-7-13-22/h2-15,20,23,35H,16-19H2,1H3. The molecular formula is C30H28N4O2. The number of para-hydroxylation sites is 1. The fourth-order valence-corrected chi connectivity index (χ4v) is 5.35. The maximum absolute atomic E-state index is 13.2. The monoisotopic (exact) mass is 476 g/mol. The number of nitrogens with zero attached hydrogens (tertiary/aromatic N) is 4. The summed E-state index contributed by atoms with van der Waals surface area (Å²) in [5.74, 6) is 0.0126. The van der Waals surface area contributed by atoms with E-state index in [-0.39, 0.29) is 5.91 Å². The molecule has 0 spiro atoms. The molecule has 1 N–H and O–H groups in total. The Bertz CT molecular complexity index is 1540. The van der Waals surface area contributed by atoms with Crippen LogP contribution in [0.5, 0.6) is 0 Å². The van der Waals surface area contributed by atoms with Crippen LogP contribution in [0.25, 0.3) is 33.4 Å². The first-order valence-electron chi connectivity index (χ1n) is 12.3. The van der Waals surface area contributed by atoms with Gasteiger partial charge in [0.25, 0.3) is 5.91 Å². The molecule has 6 nitrogen and oxygen atoms in total. The highest BCUT2D eigenvalue weighted by Crippen LogP contribution is 2.33. The van der Waals surface area contributed by atoms with Crippen LogP contribution in [0.3, 0.4) is 0 Å². The molecule has 0 aliphatic carbocycles. The lowest BCUT2D eigenvalue weighted by atomic mass is 10.0. The quantitative estimate of drug-likeness (QED) is 0.381. The van der Waals surface area contributed by atoms with E-state index in [1.54, 1.807) is 11.2 Å². The van der Waals surface area contributed by atoms with Gasteiger partial charge in [0.2, 0.25) is 0 Å². The average Bonchev–Trinajstić information content (AvgIpc) is 3.47. The van der Waals surface area contributed by atoms with Gasteiger partial charge in [0.05, 0.1) is 36.9 Å². The molecule has 0 bridgehead atoms. The minimum atomic E-state index is -0.717. The molecule has 180 valence electrons. The van der Waals surface area contributed by atoms with E-state index in [0.717, 1.165) is 45.4 Å². The normalized spacial score (nSPS) is 14.3. The smallest absolute Gasteiger partial charge is 0.270 e. The molecule has 1 unspecified atom stereocenters. The highest BCUT2D eigenvalue weighted by atomic mass is 16.3. The van der Waals surface area contributed by atoms with Gasteiger partial charge in [-0.15, -0.1) is 0 Å². The Hall–Kier alpha value is -4.16. The van der Waals surface area contributed by atoms with Crippen molar-refractivity contribution in [2.75, 3.05) is 13.6 Å². The molecule has 1 amide bonds. The average molecular weight is 477 g/mol. The Kier molecular flexibility index (Phi) is 5.66. The SMILES string of the molecule is CN1CCc2c(n(CC(O)Cn3cnc(-c4ccccc4)c3-c3ccccc3)c3ccccc23)C1=O. The summed E-state index contributed by atoms with van der Waals surface area (Å²) >= 11 is 0. The van der Waals surface area contributed by atoms with Crippen molar-refractivity contribution in [1.82, 2.24) is 19.0 Å². The number of carbonyl (C=O) groups excluding carboxylic acids is 1. The van der Waals surface area contributed by atoms with Gasteiger partial charge in [0.1, 0.15) is 5.69 Å². The number of rotatable bonds is 6. The summed E-state index contributed by atoms with van der Waals surface area (Å²) in [5, 5.41) is 12.4. The van der Waals surface area contributed by atoms with E-state index in [0.29, 0.717) is 25.3 Å². The zero-order valence-corrected chi connectivity index (χ0v) is 20.2. The molecule has 0 fully saturated rings. The number of carbonyl (C=O) groups is 1. The largest absolute Gasteiger partial charge is 0.389 e. The highest BCUT2D eigenvalue weighted by molar-refractivity contribution is 6.02. The number of aromatic nitrogens is 3. The summed E-state index contributed by atoms with van der Waals surface area (Å²) in [5.41, 5.74) is 6.70. The predicted molar refractivity (Wildman–Crippen MR) is 142 cm³/mol. The molecule has 0 saturated heterocycles. The van der Waals surface area contributed by atoms with Crippen molar-refractivity contribution in [3.63, 3.8) is 0 Å². The number of aliphatic hydroxyl groups excluding tert-OH is 1. The Labute approximate surface area is 210 Å². The van der Waals surface area contributed by atoms with Crippen LogP contribution >= 0.6 is 0 Å². The number of fused-ring (bicyclic) bond motifs is 3. The van der Waals surface area contributed by atoms with E-state index in [9.17, 15) is 9.90 Å². The van der Waals surface area contributed by atoms with E-state index in [4.69, 9.17) is 4.98 Å². The van der Waals surface area contributed by atoms with E-state index in [2.05, 4.69) is 30.3 Å². The summed E-state index contributed by atoms with van der Waals surface area (Å²) < 4.78 is 4.03. The van der Waals surface area contributed by atoms with Crippen molar-refractivity contribution < 1.29 is 9.90 Å². The minimum absolute atomic E-state index is 0.0126. The summed E-state index contributed by atoms with van der Waals surface area (Å²) in [6.07, 6.45) is 1.90. The molecule has 5 aromatic rings. The zero-order chi connectivity index (χ0) is 24.6. The summed E-state index contributed by atoms with van der Waals surface area (Å²) in [4.78, 5) is 19.7. The van der Waals surface area contributed by atoms with E-state index in [1.165, 1.54) is 0 Å². The van der Waals surface area contributed by atoms with Gasteiger partial charge >= 0.3 is 0 Å². The first-order valence-corrected chi connectivity index (χ1v) is 12.3. The minimum Gasteiger partial charge on any atom is -0.389 e. The molecule has 0 saturated carbocycles. The van der Waals surface area contributed by atoms with Crippen LogP contribution in [0, 0.1) is 0 Å². The van der Waals surface area contributed by atoms with Crippen LogP contribution in [0.4, 0.5) is 0 Å². The van der Waals surface area contributed by atoms with Crippen molar-refractivity contribution >= 4 is 16.8 Å². The van der Waals surface area contributed by atoms with Gasteiger partial charge in [-0.1, -0.05) is 78.9 Å². The van der Waals surface area contributed by atoms with Gasteiger partial charge in [-0.05, 0) is 18.1 Å². The molecule has 6 heteroatoms. The van der Waals surface area contributed by atoms with Crippen molar-refractivity contribution in [3.8, 4) is 22.5 Å². The van der Waals surface area contributed by atoms with E-state index in [1.807, 2.05) is 70.8 Å². The molecule has 1 atom stereocenters. The van der Waals surface area contributed by atoms with Crippen LogP contribution in [0.15, 0.2) is 91.3 Å². The van der Waals surface area contributed by atoms with Crippen molar-refractivity contribution in [1.29, 1.82) is 0 Å². The summed E-state index contributed by atoms with van der Waals surface area (Å²) in [7, 11) is 1.84. The van der Waals surface area contributed by atoms with Gasteiger partial charge < -0.3 is 19.1 Å². The summed E-state index contributed by atoms with van der Waals surface area (Å²) in [6.45, 7) is 1.39. The lowest BCUT2D eigenvalue weighted by Crippen LogP contribution is -2.36. The number of hydrogen-bond acceptors (Lipinski definition) is 3. The second kappa shape index (κ2) is 9.13. The highest BCUT2D eigenvalue weighted by Gasteiger charge is 2.30. The zero-order valence-electron chi connectivity index (χ0n) is 20.2. The molecule has 6 rings (SSSR count). The first-order chi connectivity index (χ1) is 17.6. The Morgan fingerprint density at radius 3 is 2.28 bits per heavy atom. The molecule has 36 heavy (non-hydrogen) atoms. The van der Waals surface area contributed by atoms with Crippen LogP contribution in [-0.2, 0) is 19.5 Å². The number of amides is 1. The van der Waals surface area contributed by atoms with Gasteiger partial charge in [0, 0.05) is 35.6 Å². The third-order valence-electron chi connectivity index (χ3n) is 7.06. The Morgan fingerprint density at radius 2 is 1.53 bits per heavy atom. The molecule has 0 radical (unpaired) electrons. The Balaban J connectivity index is 1.38. The maximum Gasteiger partial charge on any atom is 0.270 e. The molecule has 3 heterocycles. The predicted octanol–water partition coefficient (Wildman–Crippen LogP) is 4.86. The number of aliphatic hydroxyl groups is 1. The van der Waals surface area contributed by atoms with Gasteiger partial charge in [-0.2, -0.15) is 0 Å². The Morgan fingerprint density at radius 1 is 0.861 bits per heavy atom. The van der Waals surface area contributed by atoms with Crippen LogP contribution in [0.2, 0.25) is 0 Å². The number of likely N-dealkylation sites (N-methyl/N-ethyl adjacent to an activating group) is 1.